The van der Waals surface area contributed by atoms with Crippen molar-refractivity contribution in [2.45, 2.75) is 18.9 Å². The van der Waals surface area contributed by atoms with Crippen molar-refractivity contribution >= 4 is 6.29 Å². The largest absolute Gasteiger partial charge is 0.322 e. The van der Waals surface area contributed by atoms with E-state index in [1.807, 2.05) is 7.05 Å². The van der Waals surface area contributed by atoms with Crippen LogP contribution in [-0.2, 0) is 4.79 Å². The average molecular weight is 130 g/mol. The van der Waals surface area contributed by atoms with Gasteiger partial charge < -0.3 is 15.8 Å². The molecule has 0 aromatic heterocycles. The molecule has 3 nitrogen and oxygen atoms in total. The Morgan fingerprint density at radius 3 is 2.89 bits per heavy atom. The van der Waals surface area contributed by atoms with Gasteiger partial charge >= 0.3 is 0 Å². The van der Waals surface area contributed by atoms with Gasteiger partial charge in [0.15, 0.2) is 0 Å². The van der Waals surface area contributed by atoms with Crippen molar-refractivity contribution in [1.82, 2.24) is 5.32 Å². The van der Waals surface area contributed by atoms with E-state index < -0.39 is 0 Å². The number of rotatable bonds is 5. The molecule has 3 N–H and O–H groups in total. The molecule has 0 bridgehead atoms. The highest BCUT2D eigenvalue weighted by Gasteiger charge is 1.96. The van der Waals surface area contributed by atoms with Crippen molar-refractivity contribution in [3.05, 3.63) is 0 Å². The lowest BCUT2D eigenvalue weighted by Gasteiger charge is -2.01. The molecule has 0 rings (SSSR count). The minimum Gasteiger partial charge on any atom is -0.322 e. The molecular weight excluding hydrogens is 116 g/mol. The first-order valence-corrected chi connectivity index (χ1v) is 3.16. The molecule has 0 fully saturated rings. The maximum absolute atomic E-state index is 9.95. The van der Waals surface area contributed by atoms with Gasteiger partial charge in [0.1, 0.15) is 6.29 Å². The van der Waals surface area contributed by atoms with Crippen molar-refractivity contribution < 1.29 is 4.79 Å². The van der Waals surface area contributed by atoms with Gasteiger partial charge in [0.2, 0.25) is 0 Å². The third-order valence-corrected chi connectivity index (χ3v) is 1.14. The van der Waals surface area contributed by atoms with Crippen LogP contribution in [0.2, 0.25) is 0 Å². The standard InChI is InChI=1S/C6H14N2O/c1-8-4-2-3-6(7)5-9/h5-6,8H,2-4,7H2,1H3/t6-/m1/s1. The SMILES string of the molecule is CNCCC[C@@H](N)C=O. The first kappa shape index (κ1) is 8.59. The molecule has 1 atom stereocenters. The van der Waals surface area contributed by atoms with Crippen LogP contribution < -0.4 is 11.1 Å². The molecule has 54 valence electrons. The summed E-state index contributed by atoms with van der Waals surface area (Å²) in [5.74, 6) is 0. The van der Waals surface area contributed by atoms with E-state index in [2.05, 4.69) is 5.32 Å². The van der Waals surface area contributed by atoms with Crippen LogP contribution in [0.15, 0.2) is 0 Å². The Labute approximate surface area is 55.6 Å². The summed E-state index contributed by atoms with van der Waals surface area (Å²) in [4.78, 5) is 9.95. The molecule has 9 heavy (non-hydrogen) atoms. The summed E-state index contributed by atoms with van der Waals surface area (Å²) in [5, 5.41) is 2.98. The van der Waals surface area contributed by atoms with E-state index in [1.54, 1.807) is 0 Å². The Bertz CT molecular complexity index is 75.5. The highest BCUT2D eigenvalue weighted by Crippen LogP contribution is 1.88. The minimum atomic E-state index is -0.265. The second-order valence-electron chi connectivity index (χ2n) is 2.05. The second kappa shape index (κ2) is 5.72. The molecule has 0 aromatic carbocycles. The van der Waals surface area contributed by atoms with E-state index in [0.717, 1.165) is 25.7 Å². The summed E-state index contributed by atoms with van der Waals surface area (Å²) in [6.45, 7) is 0.932. The van der Waals surface area contributed by atoms with E-state index in [9.17, 15) is 4.79 Å². The monoisotopic (exact) mass is 130 g/mol. The molecule has 0 aromatic rings. The Morgan fingerprint density at radius 1 is 1.78 bits per heavy atom. The molecule has 0 aliphatic carbocycles. The Balaban J connectivity index is 2.96. The van der Waals surface area contributed by atoms with Crippen LogP contribution in [0.25, 0.3) is 0 Å². The maximum Gasteiger partial charge on any atom is 0.136 e. The van der Waals surface area contributed by atoms with Gasteiger partial charge in [-0.3, -0.25) is 0 Å². The molecule has 3 heteroatoms. The third kappa shape index (κ3) is 5.46. The minimum absolute atomic E-state index is 0.265. The van der Waals surface area contributed by atoms with Crippen LogP contribution in [0.4, 0.5) is 0 Å². The maximum atomic E-state index is 9.95. The van der Waals surface area contributed by atoms with Gasteiger partial charge in [-0.15, -0.1) is 0 Å². The topological polar surface area (TPSA) is 55.1 Å². The molecule has 0 aliphatic heterocycles. The molecule has 0 saturated carbocycles. The fourth-order valence-corrected chi connectivity index (χ4v) is 0.583. The molecule has 0 amide bonds. The van der Waals surface area contributed by atoms with Crippen LogP contribution in [0, 0.1) is 0 Å². The van der Waals surface area contributed by atoms with Gasteiger partial charge in [0, 0.05) is 0 Å². The number of carbonyl (C=O) groups excluding carboxylic acids is 1. The van der Waals surface area contributed by atoms with Crippen molar-refractivity contribution in [2.24, 2.45) is 5.73 Å². The summed E-state index contributed by atoms with van der Waals surface area (Å²) >= 11 is 0. The number of hydrogen-bond donors (Lipinski definition) is 2. The second-order valence-corrected chi connectivity index (χ2v) is 2.05. The zero-order chi connectivity index (χ0) is 7.11. The normalized spacial score (nSPS) is 13.1. The summed E-state index contributed by atoms with van der Waals surface area (Å²) in [5.41, 5.74) is 5.32. The molecule has 0 saturated heterocycles. The van der Waals surface area contributed by atoms with Crippen LogP contribution >= 0.6 is 0 Å². The van der Waals surface area contributed by atoms with Gasteiger partial charge in [0.05, 0.1) is 6.04 Å². The zero-order valence-electron chi connectivity index (χ0n) is 5.76. The average Bonchev–Trinajstić information content (AvgIpc) is 1.89. The van der Waals surface area contributed by atoms with Crippen molar-refractivity contribution in [2.75, 3.05) is 13.6 Å². The number of carbonyl (C=O) groups is 1. The highest BCUT2D eigenvalue weighted by molar-refractivity contribution is 5.56. The quantitative estimate of drug-likeness (QED) is 0.390. The predicted molar refractivity (Wildman–Crippen MR) is 37.2 cm³/mol. The van der Waals surface area contributed by atoms with E-state index >= 15 is 0 Å². The van der Waals surface area contributed by atoms with Crippen molar-refractivity contribution in [3.8, 4) is 0 Å². The van der Waals surface area contributed by atoms with E-state index in [-0.39, 0.29) is 6.04 Å². The Hall–Kier alpha value is -0.410. The molecule has 0 spiro atoms. The third-order valence-electron chi connectivity index (χ3n) is 1.14. The molecule has 0 radical (unpaired) electrons. The van der Waals surface area contributed by atoms with Crippen LogP contribution in [-0.4, -0.2) is 25.9 Å². The van der Waals surface area contributed by atoms with Gasteiger partial charge in [-0.2, -0.15) is 0 Å². The number of nitrogens with one attached hydrogen (secondary N) is 1. The fourth-order valence-electron chi connectivity index (χ4n) is 0.583. The Morgan fingerprint density at radius 2 is 2.44 bits per heavy atom. The lowest BCUT2D eigenvalue weighted by atomic mass is 10.2. The molecule has 0 heterocycles. The van der Waals surface area contributed by atoms with Crippen molar-refractivity contribution in [3.63, 3.8) is 0 Å². The van der Waals surface area contributed by atoms with E-state index in [0.29, 0.717) is 0 Å². The predicted octanol–water partition coefficient (Wildman–Crippen LogP) is -0.488. The van der Waals surface area contributed by atoms with Gasteiger partial charge in [0.25, 0.3) is 0 Å². The highest BCUT2D eigenvalue weighted by atomic mass is 16.1. The molecule has 0 aliphatic rings. The summed E-state index contributed by atoms with van der Waals surface area (Å²) < 4.78 is 0. The summed E-state index contributed by atoms with van der Waals surface area (Å²) in [6.07, 6.45) is 2.54. The molecule has 0 unspecified atom stereocenters. The summed E-state index contributed by atoms with van der Waals surface area (Å²) in [6, 6.07) is -0.265. The van der Waals surface area contributed by atoms with Crippen molar-refractivity contribution in [1.29, 1.82) is 0 Å². The zero-order valence-corrected chi connectivity index (χ0v) is 5.76. The lowest BCUT2D eigenvalue weighted by Crippen LogP contribution is -2.22. The van der Waals surface area contributed by atoms with Crippen LogP contribution in [0.3, 0.4) is 0 Å². The first-order chi connectivity index (χ1) is 4.31. The fraction of sp³-hybridized carbons (Fsp3) is 0.833. The smallest absolute Gasteiger partial charge is 0.136 e. The van der Waals surface area contributed by atoms with Gasteiger partial charge in [-0.1, -0.05) is 0 Å². The number of nitrogens with two attached hydrogens (primary N) is 1. The number of hydrogen-bond acceptors (Lipinski definition) is 3. The van der Waals surface area contributed by atoms with Gasteiger partial charge in [-0.25, -0.2) is 0 Å². The van der Waals surface area contributed by atoms with Crippen LogP contribution in [0.5, 0.6) is 0 Å². The van der Waals surface area contributed by atoms with E-state index in [4.69, 9.17) is 5.73 Å². The lowest BCUT2D eigenvalue weighted by molar-refractivity contribution is -0.109. The van der Waals surface area contributed by atoms with E-state index in [1.165, 1.54) is 0 Å². The number of aldehydes is 1. The first-order valence-electron chi connectivity index (χ1n) is 3.16. The van der Waals surface area contributed by atoms with Gasteiger partial charge in [-0.05, 0) is 26.4 Å². The molecular formula is C6H14N2O. The van der Waals surface area contributed by atoms with Crippen LogP contribution in [0.1, 0.15) is 12.8 Å². The Kier molecular flexibility index (Phi) is 5.46. The summed E-state index contributed by atoms with van der Waals surface area (Å²) in [7, 11) is 1.88.